The van der Waals surface area contributed by atoms with Gasteiger partial charge in [0.1, 0.15) is 0 Å². The number of para-hydroxylation sites is 2. The number of carbonyl (C=O) groups excluding carboxylic acids is 3. The molecular weight excluding hydrogens is 753 g/mol. The molecule has 1 aliphatic rings. The summed E-state index contributed by atoms with van der Waals surface area (Å²) in [5, 5.41) is 35.4. The molecule has 1 N–H and O–H groups in total. The molecule has 1 amide bonds. The molecule has 1 saturated heterocycles. The van der Waals surface area contributed by atoms with Crippen molar-refractivity contribution in [3.05, 3.63) is 171 Å². The summed E-state index contributed by atoms with van der Waals surface area (Å²) in [6.45, 7) is -4.43. The number of likely N-dealkylation sites (tertiary alicyclic amines) is 1. The van der Waals surface area contributed by atoms with Crippen LogP contribution in [0.15, 0.2) is 140 Å². The summed E-state index contributed by atoms with van der Waals surface area (Å²) in [6.07, 6.45) is -2.37. The molecule has 1 aliphatic heterocycles. The molecule has 0 radical (unpaired) electrons. The number of aliphatic hydroxyl groups excluding tert-OH is 1. The van der Waals surface area contributed by atoms with Crippen LogP contribution in [-0.2, 0) is 32.2 Å². The number of nitrogens with zero attached hydrogens (tertiary/aromatic N) is 3. The molecule has 57 heavy (non-hydrogen) atoms. The van der Waals surface area contributed by atoms with Gasteiger partial charge in [-0.1, -0.05) is 6.07 Å². The number of nitro groups is 2. The molecule has 5 aromatic carbocycles. The molecule has 0 aliphatic carbocycles. The normalized spacial score (nSPS) is 16.3. The number of hydrogen-bond acceptors (Lipinski definition) is 11. The van der Waals surface area contributed by atoms with Gasteiger partial charge in [-0.05, 0) is 0 Å². The van der Waals surface area contributed by atoms with E-state index >= 15 is 4.79 Å². The van der Waals surface area contributed by atoms with Gasteiger partial charge in [-0.25, -0.2) is 0 Å². The van der Waals surface area contributed by atoms with Crippen LogP contribution in [-0.4, -0.2) is 62.7 Å². The zero-order valence-electron chi connectivity index (χ0n) is 30.9. The summed E-state index contributed by atoms with van der Waals surface area (Å²) in [5.41, 5.74) is -0.811. The van der Waals surface area contributed by atoms with Crippen LogP contribution in [0.3, 0.4) is 0 Å². The van der Waals surface area contributed by atoms with E-state index in [1.165, 1.54) is 48.2 Å². The number of hydrogen-bond donors (Lipinski definition) is 1. The summed E-state index contributed by atoms with van der Waals surface area (Å²) in [4.78, 5) is 66.9. The Bertz CT molecular complexity index is 2160. The number of ether oxygens (including phenoxy) is 3. The quantitative estimate of drug-likeness (QED) is 0.0374. The Balaban J connectivity index is 1.41. The van der Waals surface area contributed by atoms with Gasteiger partial charge in [0.15, 0.2) is 0 Å². The van der Waals surface area contributed by atoms with Crippen molar-refractivity contribution in [2.45, 2.75) is 38.7 Å². The van der Waals surface area contributed by atoms with Crippen molar-refractivity contribution in [3.8, 4) is 0 Å². The first-order chi connectivity index (χ1) is 27.5. The van der Waals surface area contributed by atoms with Crippen LogP contribution in [0.1, 0.15) is 24.5 Å². The fourth-order valence-corrected chi connectivity index (χ4v) is 13.7. The van der Waals surface area contributed by atoms with Gasteiger partial charge in [0, 0.05) is 0 Å². The van der Waals surface area contributed by atoms with E-state index in [2.05, 4.69) is 0 Å². The molecule has 5 aromatic rings. The predicted molar refractivity (Wildman–Crippen MR) is 213 cm³/mol. The van der Waals surface area contributed by atoms with E-state index in [1.54, 1.807) is 66.7 Å². The zero-order chi connectivity index (χ0) is 40.6. The number of carbonyl (C=O) groups is 3. The van der Waals surface area contributed by atoms with E-state index in [-0.39, 0.29) is 41.8 Å². The maximum absolute atomic E-state index is 15.7. The van der Waals surface area contributed by atoms with Crippen LogP contribution in [0.4, 0.5) is 21.0 Å². The molecule has 2 unspecified atom stereocenters. The van der Waals surface area contributed by atoms with Crippen LogP contribution >= 0.6 is 6.60 Å². The molecule has 3 atom stereocenters. The van der Waals surface area contributed by atoms with E-state index in [1.807, 2.05) is 36.4 Å². The van der Waals surface area contributed by atoms with Crippen LogP contribution in [0.5, 0.6) is 0 Å². The monoisotopic (exact) mass is 793 g/mol. The van der Waals surface area contributed by atoms with Gasteiger partial charge in [0.2, 0.25) is 0 Å². The van der Waals surface area contributed by atoms with Gasteiger partial charge in [-0.15, -0.1) is 0 Å². The molecule has 1 fully saturated rings. The molecule has 0 aromatic heterocycles. The molecule has 1 heterocycles. The number of amides is 1. The van der Waals surface area contributed by atoms with Crippen LogP contribution in [0.25, 0.3) is 0 Å². The Morgan fingerprint density at radius 1 is 0.702 bits per heavy atom. The maximum atomic E-state index is 15.7. The molecule has 294 valence electrons. The molecule has 0 spiro atoms. The van der Waals surface area contributed by atoms with E-state index in [0.29, 0.717) is 15.9 Å². The van der Waals surface area contributed by atoms with Gasteiger partial charge in [0.25, 0.3) is 0 Å². The van der Waals surface area contributed by atoms with Crippen LogP contribution in [0, 0.1) is 26.1 Å². The Labute approximate surface area is 327 Å². The SMILES string of the molecule is C[C@H](OC(=O)OCc1ccccc1[N+](=O)[O-])C1C(=O)N(CP(C(=O)OCc2ccccc2[N+](=O)[O-])(c2ccccc2)(c2ccccc2)c2ccccc2)C1CCO. The van der Waals surface area contributed by atoms with Gasteiger partial charge < -0.3 is 0 Å². The standard InChI is InChI=1S/C42H40N3O11P/c1-30(56-41(48)54-27-31-15-11-13-23-36(31)44(50)51)39-38(25-26-46)43(40(39)47)29-57(33-17-5-2-6-18-33,34-19-7-3-8-20-34,35-21-9-4-10-22-35)42(49)55-28-32-16-12-14-24-37(32)45(52)53/h2-24,30,38-39,46H,25-29H2,1H3/t30-,38?,39?/m0/s1. The van der Waals surface area contributed by atoms with Crippen molar-refractivity contribution in [3.63, 3.8) is 0 Å². The minimum atomic E-state index is -4.72. The van der Waals surface area contributed by atoms with E-state index in [4.69, 9.17) is 14.2 Å². The number of benzene rings is 5. The first-order valence-corrected chi connectivity index (χ1v) is 20.5. The number of nitro benzene ring substituents is 2. The second-order valence-electron chi connectivity index (χ2n) is 13.6. The van der Waals surface area contributed by atoms with Crippen LogP contribution < -0.4 is 15.9 Å². The first-order valence-electron chi connectivity index (χ1n) is 18.1. The summed E-state index contributed by atoms with van der Waals surface area (Å²) in [6, 6.07) is 38.0. The Morgan fingerprint density at radius 3 is 1.56 bits per heavy atom. The fraction of sp³-hybridized carbons (Fsp3) is 0.214. The predicted octanol–water partition coefficient (Wildman–Crippen LogP) is 6.58. The Hall–Kier alpha value is -6.50. The van der Waals surface area contributed by atoms with E-state index in [0.717, 1.165) is 0 Å². The van der Waals surface area contributed by atoms with Crippen molar-refractivity contribution in [2.75, 3.05) is 12.9 Å². The molecule has 15 heteroatoms. The fourth-order valence-electron chi connectivity index (χ4n) is 7.73. The third-order valence-corrected chi connectivity index (χ3v) is 16.6. The molecule has 6 rings (SSSR count). The summed E-state index contributed by atoms with van der Waals surface area (Å²) >= 11 is 0. The van der Waals surface area contributed by atoms with E-state index in [9.17, 15) is 34.9 Å². The van der Waals surface area contributed by atoms with Gasteiger partial charge in [0.05, 0.1) is 0 Å². The molecule has 0 bridgehead atoms. The van der Waals surface area contributed by atoms with Gasteiger partial charge in [-0.3, -0.25) is 10.1 Å². The third kappa shape index (κ3) is 7.44. The van der Waals surface area contributed by atoms with Gasteiger partial charge in [-0.2, -0.15) is 0 Å². The minimum absolute atomic E-state index is 0.0610. The average Bonchev–Trinajstić information content (AvgIpc) is 3.23. The summed E-state index contributed by atoms with van der Waals surface area (Å²) in [5.74, 6) is -1.42. The van der Waals surface area contributed by atoms with Crippen molar-refractivity contribution >= 4 is 51.7 Å². The van der Waals surface area contributed by atoms with Crippen molar-refractivity contribution in [1.29, 1.82) is 0 Å². The summed E-state index contributed by atoms with van der Waals surface area (Å²) < 4.78 is 17.0. The average molecular weight is 794 g/mol. The molecular formula is C42H40N3O11P. The first kappa shape index (κ1) is 40.2. The Morgan fingerprint density at radius 2 is 1.12 bits per heavy atom. The Kier molecular flexibility index (Phi) is 12.1. The van der Waals surface area contributed by atoms with Crippen molar-refractivity contribution in [2.24, 2.45) is 5.92 Å². The van der Waals surface area contributed by atoms with Crippen molar-refractivity contribution < 1.29 is 43.5 Å². The summed E-state index contributed by atoms with van der Waals surface area (Å²) in [7, 11) is 0. The number of rotatable bonds is 16. The third-order valence-electron chi connectivity index (χ3n) is 10.5. The molecule has 0 saturated carbocycles. The van der Waals surface area contributed by atoms with E-state index < -0.39 is 65.5 Å². The zero-order valence-corrected chi connectivity index (χ0v) is 31.8. The second-order valence-corrected chi connectivity index (χ2v) is 18.4. The number of β-lactam (4-membered cyclic amide) rings is 1. The van der Waals surface area contributed by atoms with Crippen LogP contribution in [0.2, 0.25) is 0 Å². The van der Waals surface area contributed by atoms with Crippen molar-refractivity contribution in [1.82, 2.24) is 4.90 Å². The second kappa shape index (κ2) is 17.1. The topological polar surface area (TPSA) is 189 Å². The van der Waals surface area contributed by atoms with Gasteiger partial charge >= 0.3 is 312 Å². The number of aliphatic hydroxyl groups is 1. The molecule has 14 nitrogen and oxygen atoms in total.